The van der Waals surface area contributed by atoms with Gasteiger partial charge in [0.25, 0.3) is 0 Å². The highest BCUT2D eigenvalue weighted by Crippen LogP contribution is 2.41. The molecule has 0 aromatic rings. The number of nitrogens with zero attached hydrogens (tertiary/aromatic N) is 1. The molecule has 2 rings (SSSR count). The Morgan fingerprint density at radius 2 is 2.26 bits per heavy atom. The minimum atomic E-state index is -0.792. The van der Waals surface area contributed by atoms with E-state index in [1.54, 1.807) is 11.0 Å². The number of carboxylic acids is 1. The molecule has 0 aromatic heterocycles. The first-order valence-electron chi connectivity index (χ1n) is 6.62. The van der Waals surface area contributed by atoms with E-state index in [0.29, 0.717) is 26.2 Å². The fourth-order valence-corrected chi connectivity index (χ4v) is 3.06. The molecule has 2 amide bonds. The van der Waals surface area contributed by atoms with Crippen LogP contribution < -0.4 is 5.32 Å². The van der Waals surface area contributed by atoms with Crippen LogP contribution in [0, 0.1) is 5.92 Å². The summed E-state index contributed by atoms with van der Waals surface area (Å²) in [5.74, 6) is -1.19. The molecular weight excluding hydrogens is 248 g/mol. The van der Waals surface area contributed by atoms with Crippen LogP contribution in [0.4, 0.5) is 4.79 Å². The molecule has 3 atom stereocenters. The number of ether oxygens (including phenoxy) is 1. The third-order valence-electron chi connectivity index (χ3n) is 3.85. The molecule has 0 saturated carbocycles. The zero-order valence-electron chi connectivity index (χ0n) is 10.9. The van der Waals surface area contributed by atoms with Gasteiger partial charge in [-0.1, -0.05) is 6.08 Å². The molecular formula is C13H20N2O4. The van der Waals surface area contributed by atoms with Crippen LogP contribution in [0.1, 0.15) is 19.3 Å². The van der Waals surface area contributed by atoms with Crippen LogP contribution in [0.25, 0.3) is 0 Å². The van der Waals surface area contributed by atoms with Gasteiger partial charge in [-0.05, 0) is 19.3 Å². The van der Waals surface area contributed by atoms with Crippen LogP contribution in [-0.2, 0) is 9.53 Å². The summed E-state index contributed by atoms with van der Waals surface area (Å²) in [5.41, 5.74) is 0. The molecule has 2 saturated heterocycles. The molecule has 2 fully saturated rings. The lowest BCUT2D eigenvalue weighted by molar-refractivity contribution is -0.142. The number of nitrogens with one attached hydrogen (secondary N) is 1. The number of carbonyl (C=O) groups excluding carboxylic acids is 1. The van der Waals surface area contributed by atoms with Crippen molar-refractivity contribution in [2.24, 2.45) is 5.92 Å². The van der Waals surface area contributed by atoms with Crippen molar-refractivity contribution in [3.8, 4) is 0 Å². The predicted octanol–water partition coefficient (Wildman–Crippen LogP) is 0.836. The van der Waals surface area contributed by atoms with Gasteiger partial charge in [-0.15, -0.1) is 6.58 Å². The largest absolute Gasteiger partial charge is 0.481 e. The van der Waals surface area contributed by atoms with E-state index in [1.807, 2.05) is 0 Å². The predicted molar refractivity (Wildman–Crippen MR) is 68.8 cm³/mol. The van der Waals surface area contributed by atoms with Gasteiger partial charge in [0.15, 0.2) is 0 Å². The third-order valence-corrected chi connectivity index (χ3v) is 3.85. The summed E-state index contributed by atoms with van der Waals surface area (Å²) in [5, 5.41) is 11.9. The summed E-state index contributed by atoms with van der Waals surface area (Å²) in [7, 11) is 0. The number of fused-ring (bicyclic) bond motifs is 2. The maximum absolute atomic E-state index is 12.1. The number of rotatable bonds is 6. The Hall–Kier alpha value is -1.56. The first-order chi connectivity index (χ1) is 9.15. The van der Waals surface area contributed by atoms with Gasteiger partial charge in [0.1, 0.15) is 0 Å². The van der Waals surface area contributed by atoms with Gasteiger partial charge in [-0.2, -0.15) is 0 Å². The summed E-state index contributed by atoms with van der Waals surface area (Å²) in [6.07, 6.45) is 3.94. The Morgan fingerprint density at radius 1 is 1.47 bits per heavy atom. The summed E-state index contributed by atoms with van der Waals surface area (Å²) in [4.78, 5) is 24.9. The van der Waals surface area contributed by atoms with Gasteiger partial charge < -0.3 is 20.1 Å². The Balaban J connectivity index is 1.80. The highest BCUT2D eigenvalue weighted by atomic mass is 16.5. The summed E-state index contributed by atoms with van der Waals surface area (Å²) >= 11 is 0. The van der Waals surface area contributed by atoms with Gasteiger partial charge in [0.2, 0.25) is 0 Å². The van der Waals surface area contributed by atoms with Crippen LogP contribution in [0.3, 0.4) is 0 Å². The minimum absolute atomic E-state index is 0.0835. The summed E-state index contributed by atoms with van der Waals surface area (Å²) in [6.45, 7) is 4.86. The number of hydrogen-bond donors (Lipinski definition) is 2. The smallest absolute Gasteiger partial charge is 0.318 e. The van der Waals surface area contributed by atoms with Crippen molar-refractivity contribution in [1.29, 1.82) is 0 Å². The number of carbonyl (C=O) groups is 2. The first-order valence-corrected chi connectivity index (χ1v) is 6.62. The lowest BCUT2D eigenvalue weighted by atomic mass is 9.89. The van der Waals surface area contributed by atoms with Crippen LogP contribution in [0.2, 0.25) is 0 Å². The molecule has 19 heavy (non-hydrogen) atoms. The zero-order valence-corrected chi connectivity index (χ0v) is 10.9. The SMILES string of the molecule is C=CCOCCNC(=O)N1C2CCC1C(C(=O)O)C2. The molecule has 6 nitrogen and oxygen atoms in total. The van der Waals surface area contributed by atoms with E-state index in [0.717, 1.165) is 12.8 Å². The van der Waals surface area contributed by atoms with Crippen LogP contribution in [0.15, 0.2) is 12.7 Å². The highest BCUT2D eigenvalue weighted by molar-refractivity contribution is 5.79. The number of urea groups is 1. The number of aliphatic carboxylic acids is 1. The average molecular weight is 268 g/mol. The maximum atomic E-state index is 12.1. The number of carboxylic acid groups (broad SMARTS) is 1. The fourth-order valence-electron chi connectivity index (χ4n) is 3.06. The van der Waals surface area contributed by atoms with Gasteiger partial charge >= 0.3 is 12.0 Å². The Bertz CT molecular complexity index is 372. The molecule has 106 valence electrons. The standard InChI is InChI=1S/C13H20N2O4/c1-2-6-19-7-5-14-13(18)15-9-3-4-11(15)10(8-9)12(16)17/h2,9-11H,1,3-8H2,(H,14,18)(H,16,17). The molecule has 0 aliphatic carbocycles. The second-order valence-corrected chi connectivity index (χ2v) is 4.98. The average Bonchev–Trinajstić information content (AvgIpc) is 2.95. The second kappa shape index (κ2) is 6.06. The van der Waals surface area contributed by atoms with E-state index in [9.17, 15) is 9.59 Å². The van der Waals surface area contributed by atoms with Crippen molar-refractivity contribution < 1.29 is 19.4 Å². The van der Waals surface area contributed by atoms with E-state index in [2.05, 4.69) is 11.9 Å². The Labute approximate surface area is 112 Å². The fraction of sp³-hybridized carbons (Fsp3) is 0.692. The van der Waals surface area contributed by atoms with Gasteiger partial charge in [0.05, 0.1) is 19.1 Å². The monoisotopic (exact) mass is 268 g/mol. The topological polar surface area (TPSA) is 78.9 Å². The normalized spacial score (nSPS) is 28.4. The van der Waals surface area contributed by atoms with Crippen molar-refractivity contribution in [2.45, 2.75) is 31.3 Å². The van der Waals surface area contributed by atoms with Crippen molar-refractivity contribution in [3.05, 3.63) is 12.7 Å². The first kappa shape index (κ1) is 13.9. The molecule has 2 aliphatic heterocycles. The van der Waals surface area contributed by atoms with E-state index >= 15 is 0 Å². The van der Waals surface area contributed by atoms with E-state index in [1.165, 1.54) is 0 Å². The molecule has 0 aromatic carbocycles. The molecule has 0 spiro atoms. The Kier molecular flexibility index (Phi) is 4.42. The van der Waals surface area contributed by atoms with Crippen molar-refractivity contribution in [2.75, 3.05) is 19.8 Å². The highest BCUT2D eigenvalue weighted by Gasteiger charge is 2.51. The van der Waals surface area contributed by atoms with Gasteiger partial charge in [-0.3, -0.25) is 4.79 Å². The molecule has 6 heteroatoms. The van der Waals surface area contributed by atoms with Gasteiger partial charge in [0, 0.05) is 18.6 Å². The Morgan fingerprint density at radius 3 is 2.89 bits per heavy atom. The number of hydrogen-bond acceptors (Lipinski definition) is 3. The molecule has 0 radical (unpaired) electrons. The van der Waals surface area contributed by atoms with Crippen LogP contribution >= 0.6 is 0 Å². The maximum Gasteiger partial charge on any atom is 0.318 e. The summed E-state index contributed by atoms with van der Waals surface area (Å²) in [6, 6.07) is -0.227. The van der Waals surface area contributed by atoms with Crippen molar-refractivity contribution in [1.82, 2.24) is 10.2 Å². The molecule has 3 unspecified atom stereocenters. The summed E-state index contributed by atoms with van der Waals surface area (Å²) < 4.78 is 5.18. The zero-order chi connectivity index (χ0) is 13.8. The lowest BCUT2D eigenvalue weighted by Crippen LogP contribution is -2.45. The quantitative estimate of drug-likeness (QED) is 0.552. The van der Waals surface area contributed by atoms with Crippen molar-refractivity contribution in [3.63, 3.8) is 0 Å². The van der Waals surface area contributed by atoms with E-state index in [-0.39, 0.29) is 18.1 Å². The van der Waals surface area contributed by atoms with E-state index < -0.39 is 11.9 Å². The molecule has 2 aliphatic rings. The second-order valence-electron chi connectivity index (χ2n) is 4.98. The van der Waals surface area contributed by atoms with Gasteiger partial charge in [-0.25, -0.2) is 4.79 Å². The van der Waals surface area contributed by atoms with Crippen molar-refractivity contribution >= 4 is 12.0 Å². The van der Waals surface area contributed by atoms with Crippen LogP contribution in [-0.4, -0.2) is 53.8 Å². The van der Waals surface area contributed by atoms with Crippen LogP contribution in [0.5, 0.6) is 0 Å². The third kappa shape index (κ3) is 2.89. The molecule has 2 heterocycles. The number of amides is 2. The van der Waals surface area contributed by atoms with E-state index in [4.69, 9.17) is 9.84 Å². The molecule has 2 N–H and O–H groups in total. The molecule has 2 bridgehead atoms. The lowest BCUT2D eigenvalue weighted by Gasteiger charge is -2.23. The minimum Gasteiger partial charge on any atom is -0.481 e.